The normalized spacial score (nSPS) is 21.4. The third kappa shape index (κ3) is 4.42. The Morgan fingerprint density at radius 1 is 1.27 bits per heavy atom. The van der Waals surface area contributed by atoms with E-state index in [4.69, 9.17) is 5.73 Å². The Morgan fingerprint density at radius 3 is 2.90 bits per heavy atom. The first kappa shape index (κ1) is 20.6. The summed E-state index contributed by atoms with van der Waals surface area (Å²) in [5.41, 5.74) is 9.58. The van der Waals surface area contributed by atoms with Crippen molar-refractivity contribution in [1.82, 2.24) is 9.97 Å². The van der Waals surface area contributed by atoms with E-state index in [1.807, 2.05) is 13.0 Å². The van der Waals surface area contributed by atoms with Crippen LogP contribution < -0.4 is 11.1 Å². The Morgan fingerprint density at radius 2 is 2.10 bits per heavy atom. The number of pyridine rings is 1. The van der Waals surface area contributed by atoms with Gasteiger partial charge in [-0.1, -0.05) is 18.6 Å². The summed E-state index contributed by atoms with van der Waals surface area (Å²) in [5, 5.41) is 5.09. The predicted octanol–water partition coefficient (Wildman–Crippen LogP) is 5.14. The molecule has 1 aliphatic rings. The second-order valence-electron chi connectivity index (χ2n) is 8.21. The van der Waals surface area contributed by atoms with E-state index in [-0.39, 0.29) is 29.4 Å². The molecule has 1 fully saturated rings. The highest BCUT2D eigenvalue weighted by Gasteiger charge is 2.27. The van der Waals surface area contributed by atoms with E-state index in [1.165, 1.54) is 17.4 Å². The fourth-order valence-corrected chi connectivity index (χ4v) is 5.08. The van der Waals surface area contributed by atoms with Crippen LogP contribution in [0.15, 0.2) is 42.0 Å². The van der Waals surface area contributed by atoms with Crippen molar-refractivity contribution in [2.75, 3.05) is 5.32 Å². The van der Waals surface area contributed by atoms with Crippen LogP contribution in [0.2, 0.25) is 0 Å². The molecule has 0 spiro atoms. The van der Waals surface area contributed by atoms with Gasteiger partial charge in [0.05, 0.1) is 11.9 Å². The van der Waals surface area contributed by atoms with Crippen LogP contribution in [-0.2, 0) is 0 Å². The molecular weight excluding hydrogens is 399 g/mol. The highest BCUT2D eigenvalue weighted by molar-refractivity contribution is 7.13. The van der Waals surface area contributed by atoms with Gasteiger partial charge in [-0.05, 0) is 61.8 Å². The van der Waals surface area contributed by atoms with Crippen molar-refractivity contribution < 1.29 is 9.18 Å². The van der Waals surface area contributed by atoms with E-state index >= 15 is 0 Å². The smallest absolute Gasteiger partial charge is 0.275 e. The number of carbonyl (C=O) groups is 1. The average Bonchev–Trinajstić information content (AvgIpc) is 3.19. The van der Waals surface area contributed by atoms with Gasteiger partial charge in [0.25, 0.3) is 5.91 Å². The molecule has 1 aliphatic carbocycles. The Kier molecular flexibility index (Phi) is 5.92. The van der Waals surface area contributed by atoms with Crippen LogP contribution in [0.25, 0.3) is 10.6 Å². The van der Waals surface area contributed by atoms with Crippen molar-refractivity contribution in [3.63, 3.8) is 0 Å². The van der Waals surface area contributed by atoms with Gasteiger partial charge in [0.1, 0.15) is 16.5 Å². The molecule has 1 aromatic carbocycles. The van der Waals surface area contributed by atoms with Crippen molar-refractivity contribution in [2.24, 2.45) is 11.7 Å². The lowest BCUT2D eigenvalue weighted by Crippen LogP contribution is -2.31. The number of aromatic nitrogens is 2. The second kappa shape index (κ2) is 8.62. The summed E-state index contributed by atoms with van der Waals surface area (Å²) in [5.74, 6) is 0.155. The lowest BCUT2D eigenvalue weighted by Gasteiger charge is -2.32. The second-order valence-corrected chi connectivity index (χ2v) is 9.07. The minimum atomic E-state index is -0.348. The van der Waals surface area contributed by atoms with Crippen LogP contribution in [0, 0.1) is 18.7 Å². The number of hydrogen-bond donors (Lipinski definition) is 2. The van der Waals surface area contributed by atoms with E-state index in [2.05, 4.69) is 22.2 Å². The number of rotatable bonds is 4. The highest BCUT2D eigenvalue weighted by atomic mass is 32.1. The monoisotopic (exact) mass is 424 g/mol. The van der Waals surface area contributed by atoms with Crippen LogP contribution in [0.1, 0.15) is 53.7 Å². The molecule has 0 bridgehead atoms. The number of nitrogens with zero attached hydrogens (tertiary/aromatic N) is 2. The number of halogens is 1. The number of aryl methyl sites for hydroxylation is 1. The van der Waals surface area contributed by atoms with Crippen molar-refractivity contribution in [1.29, 1.82) is 0 Å². The van der Waals surface area contributed by atoms with Gasteiger partial charge in [0, 0.05) is 23.2 Å². The van der Waals surface area contributed by atoms with Crippen molar-refractivity contribution >= 4 is 22.9 Å². The minimum Gasteiger partial charge on any atom is -0.328 e. The lowest BCUT2D eigenvalue weighted by molar-refractivity contribution is 0.102. The molecule has 2 unspecified atom stereocenters. The summed E-state index contributed by atoms with van der Waals surface area (Å²) in [6.07, 6.45) is 6.38. The molecule has 4 rings (SSSR count). The van der Waals surface area contributed by atoms with Gasteiger partial charge in [0.15, 0.2) is 0 Å². The molecule has 5 nitrogen and oxygen atoms in total. The average molecular weight is 425 g/mol. The molecule has 2 aromatic heterocycles. The molecule has 3 atom stereocenters. The third-order valence-corrected chi connectivity index (χ3v) is 6.49. The summed E-state index contributed by atoms with van der Waals surface area (Å²) >= 11 is 1.25. The van der Waals surface area contributed by atoms with Gasteiger partial charge in [-0.3, -0.25) is 9.78 Å². The number of nitrogens with two attached hydrogens (primary N) is 1. The highest BCUT2D eigenvalue weighted by Crippen LogP contribution is 2.38. The van der Waals surface area contributed by atoms with Crippen LogP contribution in [-0.4, -0.2) is 21.9 Å². The standard InChI is InChI=1S/C23H25FN4OS/c1-13-3-4-19(24)18(9-13)23-28-21(12-30-23)22(29)27-20-11-26-6-5-17(20)15-7-14(2)8-16(25)10-15/h3-6,9,11-12,14-16H,7-8,10,25H2,1-2H3,(H,27,29)/t14?,15-,16?/m1/s1. The first-order valence-electron chi connectivity index (χ1n) is 10.1. The van der Waals surface area contributed by atoms with Gasteiger partial charge >= 0.3 is 0 Å². The number of anilines is 1. The summed E-state index contributed by atoms with van der Waals surface area (Å²) in [6, 6.07) is 6.99. The number of nitrogens with one attached hydrogen (secondary N) is 1. The minimum absolute atomic E-state index is 0.167. The first-order chi connectivity index (χ1) is 14.4. The van der Waals surface area contributed by atoms with E-state index in [9.17, 15) is 9.18 Å². The summed E-state index contributed by atoms with van der Waals surface area (Å²) in [6.45, 7) is 4.11. The molecular formula is C23H25FN4OS. The maximum absolute atomic E-state index is 14.2. The molecule has 3 aromatic rings. The van der Waals surface area contributed by atoms with E-state index in [1.54, 1.807) is 29.9 Å². The Bertz CT molecular complexity index is 1060. The van der Waals surface area contributed by atoms with E-state index in [0.717, 1.165) is 30.4 Å². The zero-order chi connectivity index (χ0) is 21.3. The van der Waals surface area contributed by atoms with Crippen molar-refractivity contribution in [2.45, 2.75) is 45.1 Å². The molecule has 0 saturated heterocycles. The third-order valence-electron chi connectivity index (χ3n) is 5.61. The molecule has 156 valence electrons. The molecule has 2 heterocycles. The Hall–Kier alpha value is -2.64. The van der Waals surface area contributed by atoms with E-state index < -0.39 is 0 Å². The number of thiazole rings is 1. The summed E-state index contributed by atoms with van der Waals surface area (Å²) < 4.78 is 14.2. The first-order valence-corrected chi connectivity index (χ1v) is 11.0. The largest absolute Gasteiger partial charge is 0.328 e. The molecule has 7 heteroatoms. The maximum Gasteiger partial charge on any atom is 0.275 e. The topological polar surface area (TPSA) is 80.9 Å². The molecule has 0 aliphatic heterocycles. The number of amides is 1. The zero-order valence-electron chi connectivity index (χ0n) is 17.1. The predicted molar refractivity (Wildman–Crippen MR) is 118 cm³/mol. The zero-order valence-corrected chi connectivity index (χ0v) is 17.9. The lowest BCUT2D eigenvalue weighted by atomic mass is 9.76. The van der Waals surface area contributed by atoms with Gasteiger partial charge < -0.3 is 11.1 Å². The molecule has 1 amide bonds. The van der Waals surface area contributed by atoms with Gasteiger partial charge in [-0.25, -0.2) is 9.37 Å². The number of benzene rings is 1. The van der Waals surface area contributed by atoms with Crippen LogP contribution in [0.4, 0.5) is 10.1 Å². The van der Waals surface area contributed by atoms with Crippen molar-refractivity contribution in [3.05, 3.63) is 64.7 Å². The van der Waals surface area contributed by atoms with Crippen LogP contribution >= 0.6 is 11.3 Å². The molecule has 30 heavy (non-hydrogen) atoms. The Labute approximate surface area is 179 Å². The summed E-state index contributed by atoms with van der Waals surface area (Å²) in [7, 11) is 0. The van der Waals surface area contributed by atoms with Crippen molar-refractivity contribution in [3.8, 4) is 10.6 Å². The molecule has 0 radical (unpaired) electrons. The van der Waals surface area contributed by atoms with Crippen LogP contribution in [0.3, 0.4) is 0 Å². The molecule has 1 saturated carbocycles. The fraction of sp³-hybridized carbons (Fsp3) is 0.348. The Balaban J connectivity index is 1.56. The van der Waals surface area contributed by atoms with Crippen LogP contribution in [0.5, 0.6) is 0 Å². The van der Waals surface area contributed by atoms with Gasteiger partial charge in [0.2, 0.25) is 0 Å². The summed E-state index contributed by atoms with van der Waals surface area (Å²) in [4.78, 5) is 21.4. The number of hydrogen-bond acceptors (Lipinski definition) is 5. The maximum atomic E-state index is 14.2. The quantitative estimate of drug-likeness (QED) is 0.608. The number of carbonyl (C=O) groups excluding carboxylic acids is 1. The van der Waals surface area contributed by atoms with Gasteiger partial charge in [-0.15, -0.1) is 11.3 Å². The SMILES string of the molecule is Cc1ccc(F)c(-c2nc(C(=O)Nc3cnccc3[C@@H]3CC(C)CC(N)C3)cs2)c1. The molecule has 3 N–H and O–H groups in total. The fourth-order valence-electron chi connectivity index (χ4n) is 4.27. The van der Waals surface area contributed by atoms with Gasteiger partial charge in [-0.2, -0.15) is 0 Å². The van der Waals surface area contributed by atoms with E-state index in [0.29, 0.717) is 22.2 Å².